The highest BCUT2D eigenvalue weighted by Crippen LogP contribution is 2.13. The fraction of sp³-hybridized carbons (Fsp3) is 0.667. The molecule has 2 rings (SSSR count). The van der Waals surface area contributed by atoms with Crippen LogP contribution in [0.3, 0.4) is 0 Å². The molecule has 1 aromatic rings. The number of hydrogen-bond donors (Lipinski definition) is 0. The van der Waals surface area contributed by atoms with E-state index in [2.05, 4.69) is 0 Å². The van der Waals surface area contributed by atoms with E-state index in [1.54, 1.807) is 6.26 Å². The highest BCUT2D eigenvalue weighted by atomic mass is 16.7. The van der Waals surface area contributed by atoms with Crippen LogP contribution in [0.15, 0.2) is 22.8 Å². The molecule has 1 aliphatic rings. The third-order valence-corrected chi connectivity index (χ3v) is 2.49. The molecule has 4 heteroatoms. The van der Waals surface area contributed by atoms with Crippen molar-refractivity contribution in [3.63, 3.8) is 0 Å². The Balaban J connectivity index is 1.48. The van der Waals surface area contributed by atoms with E-state index < -0.39 is 0 Å². The van der Waals surface area contributed by atoms with Crippen LogP contribution in [0, 0.1) is 0 Å². The van der Waals surface area contributed by atoms with E-state index in [9.17, 15) is 0 Å². The lowest BCUT2D eigenvalue weighted by Gasteiger charge is -2.22. The van der Waals surface area contributed by atoms with Gasteiger partial charge < -0.3 is 18.6 Å². The molecule has 1 saturated heterocycles. The average molecular weight is 226 g/mol. The fourth-order valence-corrected chi connectivity index (χ4v) is 1.65. The van der Waals surface area contributed by atoms with Crippen molar-refractivity contribution in [2.24, 2.45) is 0 Å². The van der Waals surface area contributed by atoms with Gasteiger partial charge in [-0.25, -0.2) is 0 Å². The molecular formula is C12H18O4. The van der Waals surface area contributed by atoms with Crippen molar-refractivity contribution in [3.05, 3.63) is 24.2 Å². The lowest BCUT2D eigenvalue weighted by Crippen LogP contribution is -2.23. The van der Waals surface area contributed by atoms with E-state index in [0.29, 0.717) is 19.8 Å². The zero-order valence-electron chi connectivity index (χ0n) is 9.39. The zero-order valence-corrected chi connectivity index (χ0v) is 9.39. The van der Waals surface area contributed by atoms with Crippen LogP contribution in [-0.2, 0) is 20.8 Å². The Kier molecular flexibility index (Phi) is 4.86. The smallest absolute Gasteiger partial charge is 0.157 e. The molecule has 0 aromatic carbocycles. The number of furan rings is 1. The molecule has 1 fully saturated rings. The first-order chi connectivity index (χ1) is 7.95. The zero-order chi connectivity index (χ0) is 11.1. The summed E-state index contributed by atoms with van der Waals surface area (Å²) in [5.74, 6) is 0.842. The lowest BCUT2D eigenvalue weighted by molar-refractivity contribution is -0.169. The Morgan fingerprint density at radius 1 is 1.31 bits per heavy atom. The maximum atomic E-state index is 5.52. The highest BCUT2D eigenvalue weighted by molar-refractivity contribution is 4.95. The molecule has 90 valence electrons. The topological polar surface area (TPSA) is 40.8 Å². The SMILES string of the molecule is c1coc(COCCOC2CCCCO2)c1. The summed E-state index contributed by atoms with van der Waals surface area (Å²) in [5.41, 5.74) is 0. The van der Waals surface area contributed by atoms with Crippen molar-refractivity contribution in [3.8, 4) is 0 Å². The standard InChI is InChI=1S/C12H18O4/c1-2-6-15-12(5-1)16-9-8-13-10-11-4-3-7-14-11/h3-4,7,12H,1-2,5-6,8-10H2. The molecule has 1 aromatic heterocycles. The van der Waals surface area contributed by atoms with Gasteiger partial charge in [0, 0.05) is 6.61 Å². The summed E-state index contributed by atoms with van der Waals surface area (Å²) in [5, 5.41) is 0. The molecule has 0 bridgehead atoms. The molecule has 0 amide bonds. The molecular weight excluding hydrogens is 208 g/mol. The van der Waals surface area contributed by atoms with Crippen LogP contribution < -0.4 is 0 Å². The molecule has 0 spiro atoms. The van der Waals surface area contributed by atoms with Crippen LogP contribution in [0.5, 0.6) is 0 Å². The molecule has 0 N–H and O–H groups in total. The van der Waals surface area contributed by atoms with E-state index in [1.165, 1.54) is 6.42 Å². The molecule has 2 heterocycles. The average Bonchev–Trinajstić information content (AvgIpc) is 2.83. The maximum absolute atomic E-state index is 5.52. The molecule has 4 nitrogen and oxygen atoms in total. The molecule has 16 heavy (non-hydrogen) atoms. The summed E-state index contributed by atoms with van der Waals surface area (Å²) in [6.07, 6.45) is 4.96. The molecule has 1 unspecified atom stereocenters. The molecule has 0 saturated carbocycles. The Morgan fingerprint density at radius 3 is 3.06 bits per heavy atom. The molecule has 1 aliphatic heterocycles. The normalized spacial score (nSPS) is 21.1. The van der Waals surface area contributed by atoms with E-state index in [4.69, 9.17) is 18.6 Å². The van der Waals surface area contributed by atoms with Gasteiger partial charge in [0.25, 0.3) is 0 Å². The maximum Gasteiger partial charge on any atom is 0.157 e. The molecule has 0 radical (unpaired) electrons. The van der Waals surface area contributed by atoms with Crippen LogP contribution in [0.25, 0.3) is 0 Å². The van der Waals surface area contributed by atoms with Gasteiger partial charge in [-0.05, 0) is 31.4 Å². The second kappa shape index (κ2) is 6.68. The predicted octanol–water partition coefficient (Wildman–Crippen LogP) is 2.34. The molecule has 1 atom stereocenters. The third-order valence-electron chi connectivity index (χ3n) is 2.49. The Labute approximate surface area is 95.5 Å². The summed E-state index contributed by atoms with van der Waals surface area (Å²) >= 11 is 0. The van der Waals surface area contributed by atoms with Gasteiger partial charge in [0.1, 0.15) is 12.4 Å². The van der Waals surface area contributed by atoms with Gasteiger partial charge in [-0.2, -0.15) is 0 Å². The monoisotopic (exact) mass is 226 g/mol. The highest BCUT2D eigenvalue weighted by Gasteiger charge is 2.13. The lowest BCUT2D eigenvalue weighted by atomic mass is 10.2. The summed E-state index contributed by atoms with van der Waals surface area (Å²) in [6, 6.07) is 3.75. The quantitative estimate of drug-likeness (QED) is 0.698. The van der Waals surface area contributed by atoms with Crippen LogP contribution >= 0.6 is 0 Å². The largest absolute Gasteiger partial charge is 0.467 e. The summed E-state index contributed by atoms with van der Waals surface area (Å²) in [6.45, 7) is 2.46. The first-order valence-electron chi connectivity index (χ1n) is 5.78. The van der Waals surface area contributed by atoms with Crippen molar-refractivity contribution in [1.82, 2.24) is 0 Å². The first kappa shape index (κ1) is 11.6. The predicted molar refractivity (Wildman–Crippen MR) is 57.9 cm³/mol. The number of ether oxygens (including phenoxy) is 3. The van der Waals surface area contributed by atoms with Crippen molar-refractivity contribution in [2.45, 2.75) is 32.2 Å². The van der Waals surface area contributed by atoms with Gasteiger partial charge in [-0.15, -0.1) is 0 Å². The van der Waals surface area contributed by atoms with Crippen LogP contribution in [-0.4, -0.2) is 26.1 Å². The molecule has 0 aliphatic carbocycles. The summed E-state index contributed by atoms with van der Waals surface area (Å²) in [4.78, 5) is 0. The van der Waals surface area contributed by atoms with Gasteiger partial charge in [0.15, 0.2) is 6.29 Å². The second-order valence-electron chi connectivity index (χ2n) is 3.80. The van der Waals surface area contributed by atoms with Crippen LogP contribution in [0.2, 0.25) is 0 Å². The number of hydrogen-bond acceptors (Lipinski definition) is 4. The van der Waals surface area contributed by atoms with Crippen LogP contribution in [0.4, 0.5) is 0 Å². The van der Waals surface area contributed by atoms with Crippen molar-refractivity contribution < 1.29 is 18.6 Å². The Morgan fingerprint density at radius 2 is 2.31 bits per heavy atom. The first-order valence-corrected chi connectivity index (χ1v) is 5.78. The van der Waals surface area contributed by atoms with Gasteiger partial charge in [0.05, 0.1) is 19.5 Å². The third kappa shape index (κ3) is 3.96. The van der Waals surface area contributed by atoms with E-state index in [1.807, 2.05) is 12.1 Å². The van der Waals surface area contributed by atoms with E-state index >= 15 is 0 Å². The summed E-state index contributed by atoms with van der Waals surface area (Å²) < 4.78 is 21.5. The van der Waals surface area contributed by atoms with Gasteiger partial charge in [0.2, 0.25) is 0 Å². The van der Waals surface area contributed by atoms with E-state index in [0.717, 1.165) is 25.2 Å². The van der Waals surface area contributed by atoms with Crippen molar-refractivity contribution in [2.75, 3.05) is 19.8 Å². The second-order valence-corrected chi connectivity index (χ2v) is 3.80. The van der Waals surface area contributed by atoms with Gasteiger partial charge in [-0.1, -0.05) is 0 Å². The van der Waals surface area contributed by atoms with Gasteiger partial charge in [-0.3, -0.25) is 0 Å². The minimum Gasteiger partial charge on any atom is -0.467 e. The summed E-state index contributed by atoms with van der Waals surface area (Å²) in [7, 11) is 0. The minimum absolute atomic E-state index is 0.0269. The van der Waals surface area contributed by atoms with Gasteiger partial charge >= 0.3 is 0 Å². The van der Waals surface area contributed by atoms with Crippen LogP contribution in [0.1, 0.15) is 25.0 Å². The van der Waals surface area contributed by atoms with E-state index in [-0.39, 0.29) is 6.29 Å². The van der Waals surface area contributed by atoms with Crippen molar-refractivity contribution >= 4 is 0 Å². The number of rotatable bonds is 6. The van der Waals surface area contributed by atoms with Crippen molar-refractivity contribution in [1.29, 1.82) is 0 Å². The minimum atomic E-state index is -0.0269. The Bertz CT molecular complexity index is 265. The fourth-order valence-electron chi connectivity index (χ4n) is 1.65. The Hall–Kier alpha value is -0.840.